The highest BCUT2D eigenvalue weighted by molar-refractivity contribution is 7.94. The number of Topliss-reactive ketones (excluding diaryl/α,β-unsaturated/α-hetero) is 1. The minimum Gasteiger partial charge on any atom is -0.377 e. The summed E-state index contributed by atoms with van der Waals surface area (Å²) >= 11 is 0. The molecule has 1 rings (SSSR count). The van der Waals surface area contributed by atoms with E-state index >= 15 is 0 Å². The molecule has 0 aromatic heterocycles. The smallest absolute Gasteiger partial charge is 0.259 e. The molecule has 1 amide bonds. The lowest BCUT2D eigenvalue weighted by molar-refractivity contribution is -0.136. The number of sulfonamides is 1. The molecule has 0 aromatic carbocycles. The number of methoxy groups -OCH3 is 1. The van der Waals surface area contributed by atoms with Gasteiger partial charge in [0.05, 0.1) is 6.54 Å². The molecular weight excluding hydrogens is 222 g/mol. The predicted octanol–water partition coefficient (Wildman–Crippen LogP) is -0.847. The summed E-state index contributed by atoms with van der Waals surface area (Å²) in [5, 5.41) is 0. The molecule has 0 radical (unpaired) electrons. The van der Waals surface area contributed by atoms with Gasteiger partial charge >= 0.3 is 0 Å². The molecule has 1 aliphatic rings. The Morgan fingerprint density at radius 1 is 1.47 bits per heavy atom. The van der Waals surface area contributed by atoms with Gasteiger partial charge in [0.2, 0.25) is 0 Å². The molecule has 1 heterocycles. The Hall–Kier alpha value is -0.950. The van der Waals surface area contributed by atoms with E-state index in [0.717, 1.165) is 0 Å². The normalized spacial score (nSPS) is 22.3. The van der Waals surface area contributed by atoms with Crippen LogP contribution in [0.5, 0.6) is 0 Å². The van der Waals surface area contributed by atoms with Crippen LogP contribution in [-0.2, 0) is 24.3 Å². The van der Waals surface area contributed by atoms with Crippen molar-refractivity contribution in [1.29, 1.82) is 0 Å². The maximum atomic E-state index is 11.5. The fourth-order valence-electron chi connectivity index (χ4n) is 1.28. The molecular formula is C8H13NO5S. The number of hydrogen-bond acceptors (Lipinski definition) is 5. The Bertz CT molecular complexity index is 397. The van der Waals surface area contributed by atoms with Gasteiger partial charge in [0, 0.05) is 7.11 Å². The minimum absolute atomic E-state index is 0.195. The van der Waals surface area contributed by atoms with Crippen LogP contribution in [0.25, 0.3) is 0 Å². The van der Waals surface area contributed by atoms with Gasteiger partial charge in [-0.1, -0.05) is 0 Å². The van der Waals surface area contributed by atoms with Gasteiger partial charge in [-0.25, -0.2) is 12.7 Å². The molecule has 0 bridgehead atoms. The van der Waals surface area contributed by atoms with Crippen LogP contribution < -0.4 is 0 Å². The third-order valence-electron chi connectivity index (χ3n) is 2.30. The summed E-state index contributed by atoms with van der Waals surface area (Å²) in [6, 6.07) is 0. The van der Waals surface area contributed by atoms with E-state index in [4.69, 9.17) is 0 Å². The molecule has 0 unspecified atom stereocenters. The van der Waals surface area contributed by atoms with Crippen LogP contribution >= 0.6 is 0 Å². The monoisotopic (exact) mass is 235 g/mol. The maximum Gasteiger partial charge on any atom is 0.259 e. The first-order chi connectivity index (χ1) is 6.75. The molecule has 7 heteroatoms. The second kappa shape index (κ2) is 3.57. The average Bonchev–Trinajstić information content (AvgIpc) is 2.13. The average molecular weight is 235 g/mol. The van der Waals surface area contributed by atoms with Gasteiger partial charge in [0.25, 0.3) is 15.9 Å². The van der Waals surface area contributed by atoms with Crippen LogP contribution in [0.2, 0.25) is 0 Å². The van der Waals surface area contributed by atoms with E-state index in [9.17, 15) is 18.0 Å². The standard InChI is InChI=1S/C8H13NO5S/c1-8(2)7(11)9(15(8,12)13)4-6(10)5-14-3/h4-5H2,1-3H3. The zero-order valence-corrected chi connectivity index (χ0v) is 9.63. The van der Waals surface area contributed by atoms with Crippen molar-refractivity contribution in [2.45, 2.75) is 18.6 Å². The molecule has 15 heavy (non-hydrogen) atoms. The summed E-state index contributed by atoms with van der Waals surface area (Å²) in [5.41, 5.74) is 0. The van der Waals surface area contributed by atoms with E-state index in [-0.39, 0.29) is 6.61 Å². The lowest BCUT2D eigenvalue weighted by atomic mass is 10.2. The van der Waals surface area contributed by atoms with Crippen LogP contribution in [0.3, 0.4) is 0 Å². The number of amides is 1. The van der Waals surface area contributed by atoms with Crippen LogP contribution in [-0.4, -0.2) is 49.4 Å². The van der Waals surface area contributed by atoms with Gasteiger partial charge in [-0.05, 0) is 13.8 Å². The number of hydrogen-bond donors (Lipinski definition) is 0. The van der Waals surface area contributed by atoms with Gasteiger partial charge in [-0.2, -0.15) is 0 Å². The Kier molecular flexibility index (Phi) is 2.88. The molecule has 1 aliphatic heterocycles. The van der Waals surface area contributed by atoms with Crippen LogP contribution in [0.1, 0.15) is 13.8 Å². The maximum absolute atomic E-state index is 11.5. The first-order valence-electron chi connectivity index (χ1n) is 4.32. The summed E-state index contributed by atoms with van der Waals surface area (Å²) < 4.78 is 26.8. The molecule has 1 saturated heterocycles. The van der Waals surface area contributed by atoms with E-state index in [1.807, 2.05) is 0 Å². The Morgan fingerprint density at radius 3 is 2.40 bits per heavy atom. The highest BCUT2D eigenvalue weighted by Crippen LogP contribution is 2.34. The molecule has 0 atom stereocenters. The SMILES string of the molecule is COCC(=O)CN1C(=O)C(C)(C)S1(=O)=O. The predicted molar refractivity (Wildman–Crippen MR) is 51.6 cm³/mol. The molecule has 1 fully saturated rings. The van der Waals surface area contributed by atoms with E-state index < -0.39 is 33.0 Å². The summed E-state index contributed by atoms with van der Waals surface area (Å²) in [5.74, 6) is -0.989. The molecule has 0 aliphatic carbocycles. The van der Waals surface area contributed by atoms with Crippen LogP contribution in [0.15, 0.2) is 0 Å². The van der Waals surface area contributed by atoms with Crippen molar-refractivity contribution in [3.63, 3.8) is 0 Å². The van der Waals surface area contributed by atoms with Gasteiger partial charge in [-0.3, -0.25) is 9.59 Å². The van der Waals surface area contributed by atoms with Crippen molar-refractivity contribution in [2.75, 3.05) is 20.3 Å². The topological polar surface area (TPSA) is 80.8 Å². The van der Waals surface area contributed by atoms with Crippen molar-refractivity contribution in [1.82, 2.24) is 4.31 Å². The van der Waals surface area contributed by atoms with E-state index in [2.05, 4.69) is 4.74 Å². The second-order valence-corrected chi connectivity index (χ2v) is 6.21. The van der Waals surface area contributed by atoms with Gasteiger partial charge < -0.3 is 4.74 Å². The molecule has 6 nitrogen and oxygen atoms in total. The summed E-state index contributed by atoms with van der Waals surface area (Å²) in [7, 11) is -2.33. The lowest BCUT2D eigenvalue weighted by Gasteiger charge is -2.42. The fourth-order valence-corrected chi connectivity index (χ4v) is 2.79. The molecule has 0 spiro atoms. The minimum atomic E-state index is -3.66. The van der Waals surface area contributed by atoms with Crippen molar-refractivity contribution >= 4 is 21.7 Å². The van der Waals surface area contributed by atoms with Crippen LogP contribution in [0.4, 0.5) is 0 Å². The van der Waals surface area contributed by atoms with Crippen molar-refractivity contribution in [3.05, 3.63) is 0 Å². The van der Waals surface area contributed by atoms with Crippen LogP contribution in [0, 0.1) is 0 Å². The third kappa shape index (κ3) is 1.65. The van der Waals surface area contributed by atoms with Gasteiger partial charge in [-0.15, -0.1) is 0 Å². The first kappa shape index (κ1) is 12.1. The quantitative estimate of drug-likeness (QED) is 0.634. The van der Waals surface area contributed by atoms with E-state index in [0.29, 0.717) is 4.31 Å². The number of rotatable bonds is 4. The highest BCUT2D eigenvalue weighted by atomic mass is 32.2. The van der Waals surface area contributed by atoms with E-state index in [1.54, 1.807) is 0 Å². The Labute approximate surface area is 88.2 Å². The molecule has 0 N–H and O–H groups in total. The Morgan fingerprint density at radius 2 is 2.00 bits per heavy atom. The van der Waals surface area contributed by atoms with Gasteiger partial charge in [0.15, 0.2) is 10.5 Å². The van der Waals surface area contributed by atoms with Crippen molar-refractivity contribution < 1.29 is 22.7 Å². The van der Waals surface area contributed by atoms with E-state index in [1.165, 1.54) is 21.0 Å². The summed E-state index contributed by atoms with van der Waals surface area (Å²) in [6.45, 7) is 2.02. The highest BCUT2D eigenvalue weighted by Gasteiger charge is 2.60. The number of carbonyl (C=O) groups excluding carboxylic acids is 2. The fraction of sp³-hybridized carbons (Fsp3) is 0.750. The van der Waals surface area contributed by atoms with Gasteiger partial charge in [0.1, 0.15) is 6.61 Å². The number of ether oxygens (including phenoxy) is 1. The number of ketones is 1. The zero-order chi connectivity index (χ0) is 11.9. The second-order valence-electron chi connectivity index (χ2n) is 3.80. The Balaban J connectivity index is 2.76. The first-order valence-corrected chi connectivity index (χ1v) is 5.76. The van der Waals surface area contributed by atoms with Crippen molar-refractivity contribution in [3.8, 4) is 0 Å². The molecule has 86 valence electrons. The molecule has 0 saturated carbocycles. The zero-order valence-electron chi connectivity index (χ0n) is 8.81. The van der Waals surface area contributed by atoms with Crippen molar-refractivity contribution in [2.24, 2.45) is 0 Å². The molecule has 0 aromatic rings. The number of nitrogens with zero attached hydrogens (tertiary/aromatic N) is 1. The lowest BCUT2D eigenvalue weighted by Crippen LogP contribution is -2.68. The number of carbonyl (C=O) groups is 2. The largest absolute Gasteiger partial charge is 0.377 e. The summed E-state index contributed by atoms with van der Waals surface area (Å²) in [6.07, 6.45) is 0. The third-order valence-corrected chi connectivity index (χ3v) is 4.64. The summed E-state index contributed by atoms with van der Waals surface area (Å²) in [4.78, 5) is 22.5.